The Morgan fingerprint density at radius 1 is 1.22 bits per heavy atom. The first kappa shape index (κ1) is 12.0. The van der Waals surface area contributed by atoms with Crippen LogP contribution in [0.4, 0.5) is 0 Å². The van der Waals surface area contributed by atoms with Crippen LogP contribution < -0.4 is 4.74 Å². The Bertz CT molecular complexity index is 367. The average Bonchev–Trinajstić information content (AvgIpc) is 3.05. The van der Waals surface area contributed by atoms with E-state index < -0.39 is 0 Å². The molecule has 1 saturated heterocycles. The number of hydrogen-bond acceptors (Lipinski definition) is 3. The second-order valence-corrected chi connectivity index (χ2v) is 5.47. The standard InChI is InChI=1S/C15H22N2O/c1-2-10-17(9-1)11-3-4-13-5-8-15(16-12-13)18-14-6-7-14/h5,8,12,14H,1-4,6-7,9-11H2. The second kappa shape index (κ2) is 5.70. The number of rotatable bonds is 6. The maximum absolute atomic E-state index is 5.65. The van der Waals surface area contributed by atoms with Gasteiger partial charge in [-0.25, -0.2) is 4.98 Å². The summed E-state index contributed by atoms with van der Waals surface area (Å²) in [5, 5.41) is 0. The second-order valence-electron chi connectivity index (χ2n) is 5.47. The summed E-state index contributed by atoms with van der Waals surface area (Å²) in [6.07, 6.45) is 9.94. The van der Waals surface area contributed by atoms with Gasteiger partial charge in [0, 0.05) is 12.3 Å². The van der Waals surface area contributed by atoms with E-state index in [1.165, 1.54) is 57.3 Å². The number of aryl methyl sites for hydroxylation is 1. The molecule has 0 N–H and O–H groups in total. The van der Waals surface area contributed by atoms with Crippen molar-refractivity contribution >= 4 is 0 Å². The van der Waals surface area contributed by atoms with Crippen molar-refractivity contribution in [3.8, 4) is 5.88 Å². The van der Waals surface area contributed by atoms with Gasteiger partial charge in [0.15, 0.2) is 0 Å². The van der Waals surface area contributed by atoms with E-state index >= 15 is 0 Å². The predicted octanol–water partition coefficient (Wildman–Crippen LogP) is 2.65. The number of aromatic nitrogens is 1. The van der Waals surface area contributed by atoms with Crippen LogP contribution in [0.5, 0.6) is 5.88 Å². The normalized spacial score (nSPS) is 20.2. The summed E-state index contributed by atoms with van der Waals surface area (Å²) in [5.41, 5.74) is 1.33. The zero-order valence-electron chi connectivity index (χ0n) is 11.0. The minimum atomic E-state index is 0.443. The molecule has 98 valence electrons. The lowest BCUT2D eigenvalue weighted by atomic mass is 10.1. The monoisotopic (exact) mass is 246 g/mol. The summed E-state index contributed by atoms with van der Waals surface area (Å²) in [7, 11) is 0. The van der Waals surface area contributed by atoms with E-state index in [4.69, 9.17) is 4.74 Å². The molecule has 2 aliphatic rings. The van der Waals surface area contributed by atoms with Gasteiger partial charge in [0.1, 0.15) is 6.10 Å². The van der Waals surface area contributed by atoms with E-state index in [-0.39, 0.29) is 0 Å². The molecule has 0 atom stereocenters. The molecule has 0 bridgehead atoms. The summed E-state index contributed by atoms with van der Waals surface area (Å²) in [4.78, 5) is 6.94. The zero-order chi connectivity index (χ0) is 12.2. The molecule has 2 fully saturated rings. The fourth-order valence-corrected chi connectivity index (χ4v) is 2.50. The minimum absolute atomic E-state index is 0.443. The SMILES string of the molecule is c1cc(OC2CC2)ncc1CCCN1CCCC1. The van der Waals surface area contributed by atoms with E-state index in [9.17, 15) is 0 Å². The minimum Gasteiger partial charge on any atom is -0.474 e. The van der Waals surface area contributed by atoms with Crippen molar-refractivity contribution in [3.63, 3.8) is 0 Å². The highest BCUT2D eigenvalue weighted by Gasteiger charge is 2.23. The Labute approximate surface area is 109 Å². The van der Waals surface area contributed by atoms with Crippen LogP contribution in [-0.2, 0) is 6.42 Å². The highest BCUT2D eigenvalue weighted by Crippen LogP contribution is 2.25. The van der Waals surface area contributed by atoms with Crippen LogP contribution in [0.15, 0.2) is 18.3 Å². The van der Waals surface area contributed by atoms with Crippen molar-refractivity contribution in [3.05, 3.63) is 23.9 Å². The van der Waals surface area contributed by atoms with Gasteiger partial charge in [-0.3, -0.25) is 0 Å². The summed E-state index contributed by atoms with van der Waals surface area (Å²) >= 11 is 0. The molecule has 3 rings (SSSR count). The van der Waals surface area contributed by atoms with Crippen LogP contribution in [0, 0.1) is 0 Å². The molecule has 0 aromatic carbocycles. The highest BCUT2D eigenvalue weighted by atomic mass is 16.5. The number of likely N-dealkylation sites (tertiary alicyclic amines) is 1. The number of hydrogen-bond donors (Lipinski definition) is 0. The number of pyridine rings is 1. The van der Waals surface area contributed by atoms with Crippen LogP contribution in [0.1, 0.15) is 37.7 Å². The fourth-order valence-electron chi connectivity index (χ4n) is 2.50. The van der Waals surface area contributed by atoms with Gasteiger partial charge in [-0.1, -0.05) is 6.07 Å². The molecule has 1 aliphatic carbocycles. The van der Waals surface area contributed by atoms with Gasteiger partial charge in [-0.05, 0) is 63.7 Å². The smallest absolute Gasteiger partial charge is 0.213 e. The third kappa shape index (κ3) is 3.45. The molecule has 1 aromatic heterocycles. The van der Waals surface area contributed by atoms with Gasteiger partial charge in [0.05, 0.1) is 0 Å². The van der Waals surface area contributed by atoms with Crippen LogP contribution in [0.2, 0.25) is 0 Å². The van der Waals surface area contributed by atoms with Gasteiger partial charge in [-0.15, -0.1) is 0 Å². The molecule has 1 aromatic rings. The van der Waals surface area contributed by atoms with Gasteiger partial charge in [0.25, 0.3) is 0 Å². The van der Waals surface area contributed by atoms with Gasteiger partial charge < -0.3 is 9.64 Å². The Balaban J connectivity index is 1.41. The molecular formula is C15H22N2O. The molecule has 0 unspecified atom stereocenters. The fraction of sp³-hybridized carbons (Fsp3) is 0.667. The highest BCUT2D eigenvalue weighted by molar-refractivity contribution is 5.18. The van der Waals surface area contributed by atoms with Crippen LogP contribution in [0.25, 0.3) is 0 Å². The molecule has 3 nitrogen and oxygen atoms in total. The Morgan fingerprint density at radius 2 is 2.06 bits per heavy atom. The largest absolute Gasteiger partial charge is 0.474 e. The molecule has 3 heteroatoms. The van der Waals surface area contributed by atoms with E-state index in [0.717, 1.165) is 12.3 Å². The Hall–Kier alpha value is -1.09. The van der Waals surface area contributed by atoms with Crippen LogP contribution >= 0.6 is 0 Å². The third-order valence-corrected chi connectivity index (χ3v) is 3.75. The van der Waals surface area contributed by atoms with E-state index in [1.807, 2.05) is 12.3 Å². The summed E-state index contributed by atoms with van der Waals surface area (Å²) in [5.74, 6) is 0.792. The molecule has 0 amide bonds. The lowest BCUT2D eigenvalue weighted by Crippen LogP contribution is -2.20. The summed E-state index contributed by atoms with van der Waals surface area (Å²) in [6, 6.07) is 4.18. The quantitative estimate of drug-likeness (QED) is 0.771. The van der Waals surface area contributed by atoms with Crippen molar-refractivity contribution in [2.24, 2.45) is 0 Å². The first-order chi connectivity index (χ1) is 8.90. The topological polar surface area (TPSA) is 25.4 Å². The van der Waals surface area contributed by atoms with Crippen molar-refractivity contribution < 1.29 is 4.74 Å². The average molecular weight is 246 g/mol. The maximum Gasteiger partial charge on any atom is 0.213 e. The van der Waals surface area contributed by atoms with E-state index in [2.05, 4.69) is 16.0 Å². The first-order valence-electron chi connectivity index (χ1n) is 7.24. The summed E-state index contributed by atoms with van der Waals surface area (Å²) < 4.78 is 5.65. The molecule has 2 heterocycles. The van der Waals surface area contributed by atoms with Crippen molar-refractivity contribution in [2.45, 2.75) is 44.6 Å². The number of nitrogens with zero attached hydrogens (tertiary/aromatic N) is 2. The predicted molar refractivity (Wildman–Crippen MR) is 71.9 cm³/mol. The maximum atomic E-state index is 5.65. The van der Waals surface area contributed by atoms with E-state index in [0.29, 0.717) is 6.10 Å². The third-order valence-electron chi connectivity index (χ3n) is 3.75. The lowest BCUT2D eigenvalue weighted by molar-refractivity contribution is 0.291. The zero-order valence-corrected chi connectivity index (χ0v) is 11.0. The van der Waals surface area contributed by atoms with E-state index in [1.54, 1.807) is 0 Å². The van der Waals surface area contributed by atoms with Gasteiger partial charge >= 0.3 is 0 Å². The van der Waals surface area contributed by atoms with Gasteiger partial charge in [0.2, 0.25) is 5.88 Å². The molecular weight excluding hydrogens is 224 g/mol. The molecule has 1 saturated carbocycles. The lowest BCUT2D eigenvalue weighted by Gasteiger charge is -2.13. The van der Waals surface area contributed by atoms with Crippen molar-refractivity contribution in [1.82, 2.24) is 9.88 Å². The Kier molecular flexibility index (Phi) is 3.79. The van der Waals surface area contributed by atoms with Crippen LogP contribution in [-0.4, -0.2) is 35.6 Å². The summed E-state index contributed by atoms with van der Waals surface area (Å²) in [6.45, 7) is 3.83. The first-order valence-corrected chi connectivity index (χ1v) is 7.24. The van der Waals surface area contributed by atoms with Gasteiger partial charge in [-0.2, -0.15) is 0 Å². The molecule has 18 heavy (non-hydrogen) atoms. The van der Waals surface area contributed by atoms with Crippen molar-refractivity contribution in [1.29, 1.82) is 0 Å². The molecule has 0 radical (unpaired) electrons. The number of ether oxygens (including phenoxy) is 1. The van der Waals surface area contributed by atoms with Crippen molar-refractivity contribution in [2.75, 3.05) is 19.6 Å². The Morgan fingerprint density at radius 3 is 2.72 bits per heavy atom. The van der Waals surface area contributed by atoms with Crippen LogP contribution in [0.3, 0.4) is 0 Å². The molecule has 1 aliphatic heterocycles. The molecule has 0 spiro atoms.